The molecule has 122 valence electrons. The van der Waals surface area contributed by atoms with Gasteiger partial charge in [0.1, 0.15) is 0 Å². The number of carbonyl (C=O) groups is 1. The van der Waals surface area contributed by atoms with Gasteiger partial charge in [-0.15, -0.1) is 0 Å². The van der Waals surface area contributed by atoms with Crippen LogP contribution in [0.3, 0.4) is 0 Å². The van der Waals surface area contributed by atoms with Crippen LogP contribution in [0.5, 0.6) is 0 Å². The van der Waals surface area contributed by atoms with Crippen LogP contribution < -0.4 is 5.32 Å². The molecular formula is C18H23N3O2. The van der Waals surface area contributed by atoms with E-state index < -0.39 is 0 Å². The summed E-state index contributed by atoms with van der Waals surface area (Å²) in [6, 6.07) is 12.5. The van der Waals surface area contributed by atoms with E-state index in [0.717, 1.165) is 31.6 Å². The molecule has 0 aliphatic carbocycles. The van der Waals surface area contributed by atoms with Gasteiger partial charge in [-0.2, -0.15) is 0 Å². The van der Waals surface area contributed by atoms with E-state index in [-0.39, 0.29) is 12.1 Å². The molecule has 1 atom stereocenters. The fourth-order valence-corrected chi connectivity index (χ4v) is 2.95. The maximum Gasteiger partial charge on any atom is 0.317 e. The van der Waals surface area contributed by atoms with Crippen molar-refractivity contribution in [3.05, 3.63) is 60.1 Å². The fourth-order valence-electron chi connectivity index (χ4n) is 2.95. The van der Waals surface area contributed by atoms with Gasteiger partial charge in [0.2, 0.25) is 0 Å². The third-order valence-corrected chi connectivity index (χ3v) is 4.20. The van der Waals surface area contributed by atoms with Crippen molar-refractivity contribution >= 4 is 6.03 Å². The number of nitrogens with one attached hydrogen (secondary N) is 1. The van der Waals surface area contributed by atoms with Gasteiger partial charge < -0.3 is 14.6 Å². The van der Waals surface area contributed by atoms with Crippen molar-refractivity contribution in [2.24, 2.45) is 0 Å². The highest BCUT2D eigenvalue weighted by atomic mass is 16.3. The number of benzene rings is 1. The Hall–Kier alpha value is -2.27. The van der Waals surface area contributed by atoms with Gasteiger partial charge in [-0.1, -0.05) is 30.3 Å². The van der Waals surface area contributed by atoms with Crippen LogP contribution in [-0.4, -0.2) is 42.0 Å². The van der Waals surface area contributed by atoms with Gasteiger partial charge in [0, 0.05) is 38.3 Å². The first-order chi connectivity index (χ1) is 11.2. The lowest BCUT2D eigenvalue weighted by Crippen LogP contribution is -2.43. The first kappa shape index (κ1) is 15.6. The van der Waals surface area contributed by atoms with Crippen molar-refractivity contribution in [3.8, 4) is 0 Å². The quantitative estimate of drug-likeness (QED) is 0.923. The van der Waals surface area contributed by atoms with Crippen molar-refractivity contribution in [2.75, 3.05) is 20.1 Å². The van der Waals surface area contributed by atoms with E-state index in [9.17, 15) is 4.79 Å². The maximum absolute atomic E-state index is 12.3. The van der Waals surface area contributed by atoms with Crippen LogP contribution >= 0.6 is 0 Å². The van der Waals surface area contributed by atoms with E-state index in [1.807, 2.05) is 12.1 Å². The van der Waals surface area contributed by atoms with Gasteiger partial charge in [-0.25, -0.2) is 4.79 Å². The molecule has 2 aromatic rings. The second-order valence-electron chi connectivity index (χ2n) is 6.14. The summed E-state index contributed by atoms with van der Waals surface area (Å²) in [7, 11) is 1.80. The van der Waals surface area contributed by atoms with E-state index in [2.05, 4.69) is 34.5 Å². The molecule has 1 saturated heterocycles. The number of likely N-dealkylation sites (tertiary alicyclic amines) is 1. The van der Waals surface area contributed by atoms with Crippen LogP contribution in [0.4, 0.5) is 4.79 Å². The molecule has 23 heavy (non-hydrogen) atoms. The monoisotopic (exact) mass is 313 g/mol. The van der Waals surface area contributed by atoms with Gasteiger partial charge >= 0.3 is 6.03 Å². The molecule has 2 amide bonds. The predicted octanol–water partition coefficient (Wildman–Crippen LogP) is 2.70. The van der Waals surface area contributed by atoms with Crippen LogP contribution in [0.25, 0.3) is 0 Å². The molecule has 0 radical (unpaired) electrons. The second kappa shape index (κ2) is 7.33. The zero-order valence-corrected chi connectivity index (χ0v) is 13.4. The summed E-state index contributed by atoms with van der Waals surface area (Å²) < 4.78 is 5.03. The number of urea groups is 1. The highest BCUT2D eigenvalue weighted by Gasteiger charge is 2.24. The van der Waals surface area contributed by atoms with Crippen LogP contribution in [0.1, 0.15) is 17.5 Å². The van der Waals surface area contributed by atoms with Gasteiger partial charge in [-0.05, 0) is 18.1 Å². The molecule has 5 nitrogen and oxygen atoms in total. The number of hydrogen-bond acceptors (Lipinski definition) is 3. The first-order valence-corrected chi connectivity index (χ1v) is 7.99. The molecule has 1 aromatic heterocycles. The summed E-state index contributed by atoms with van der Waals surface area (Å²) >= 11 is 0. The molecule has 0 unspecified atom stereocenters. The summed E-state index contributed by atoms with van der Waals surface area (Å²) in [5.74, 6) is 0. The van der Waals surface area contributed by atoms with Gasteiger partial charge in [0.25, 0.3) is 0 Å². The number of nitrogens with zero attached hydrogens (tertiary/aromatic N) is 2. The number of rotatable bonds is 5. The molecule has 1 fully saturated rings. The Bertz CT molecular complexity index is 612. The van der Waals surface area contributed by atoms with Gasteiger partial charge in [-0.3, -0.25) is 4.90 Å². The van der Waals surface area contributed by atoms with Gasteiger partial charge in [0.05, 0.1) is 19.1 Å². The summed E-state index contributed by atoms with van der Waals surface area (Å²) in [6.07, 6.45) is 4.29. The van der Waals surface area contributed by atoms with Crippen LogP contribution in [0.15, 0.2) is 53.3 Å². The standard InChI is InChI=1S/C18H23N3O2/c1-20(11-16-8-10-23-14-16)18(22)19-17-7-9-21(13-17)12-15-5-3-2-4-6-15/h2-6,8,10,14,17H,7,9,11-13H2,1H3,(H,19,22)/t17-/m0/s1. The average molecular weight is 313 g/mol. The maximum atomic E-state index is 12.3. The van der Waals surface area contributed by atoms with Crippen molar-refractivity contribution in [2.45, 2.75) is 25.6 Å². The minimum absolute atomic E-state index is 0.0299. The topological polar surface area (TPSA) is 48.7 Å². The molecule has 1 aliphatic heterocycles. The largest absolute Gasteiger partial charge is 0.472 e. The molecule has 1 aromatic carbocycles. The zero-order chi connectivity index (χ0) is 16.1. The lowest BCUT2D eigenvalue weighted by atomic mass is 10.2. The Morgan fingerprint density at radius 3 is 2.87 bits per heavy atom. The number of carbonyl (C=O) groups excluding carboxylic acids is 1. The normalized spacial score (nSPS) is 18.0. The molecule has 0 bridgehead atoms. The molecule has 1 aliphatic rings. The highest BCUT2D eigenvalue weighted by Crippen LogP contribution is 2.14. The smallest absolute Gasteiger partial charge is 0.317 e. The first-order valence-electron chi connectivity index (χ1n) is 7.99. The van der Waals surface area contributed by atoms with E-state index in [1.54, 1.807) is 24.5 Å². The Morgan fingerprint density at radius 1 is 1.30 bits per heavy atom. The summed E-state index contributed by atoms with van der Waals surface area (Å²) in [5, 5.41) is 3.12. The molecule has 2 heterocycles. The summed E-state index contributed by atoms with van der Waals surface area (Å²) in [5.41, 5.74) is 2.32. The fraction of sp³-hybridized carbons (Fsp3) is 0.389. The third-order valence-electron chi connectivity index (χ3n) is 4.20. The van der Waals surface area contributed by atoms with Crippen molar-refractivity contribution in [1.29, 1.82) is 0 Å². The molecule has 1 N–H and O–H groups in total. The van der Waals surface area contributed by atoms with Crippen molar-refractivity contribution in [1.82, 2.24) is 15.1 Å². The Balaban J connectivity index is 1.45. The Morgan fingerprint density at radius 2 is 2.13 bits per heavy atom. The zero-order valence-electron chi connectivity index (χ0n) is 13.4. The lowest BCUT2D eigenvalue weighted by molar-refractivity contribution is 0.202. The van der Waals surface area contributed by atoms with E-state index in [4.69, 9.17) is 4.42 Å². The van der Waals surface area contributed by atoms with E-state index in [0.29, 0.717) is 6.54 Å². The Kier molecular flexibility index (Phi) is 4.98. The van der Waals surface area contributed by atoms with Crippen LogP contribution in [-0.2, 0) is 13.1 Å². The van der Waals surface area contributed by atoms with E-state index >= 15 is 0 Å². The molecular weight excluding hydrogens is 290 g/mol. The Labute approximate surface area is 136 Å². The van der Waals surface area contributed by atoms with Crippen LogP contribution in [0.2, 0.25) is 0 Å². The number of hydrogen-bond donors (Lipinski definition) is 1. The van der Waals surface area contributed by atoms with E-state index in [1.165, 1.54) is 5.56 Å². The molecule has 5 heteroatoms. The SMILES string of the molecule is CN(Cc1ccoc1)C(=O)N[C@H]1CCN(Cc2ccccc2)C1. The summed E-state index contributed by atoms with van der Waals surface area (Å²) in [4.78, 5) is 16.3. The molecule has 0 saturated carbocycles. The summed E-state index contributed by atoms with van der Waals surface area (Å²) in [6.45, 7) is 3.42. The second-order valence-corrected chi connectivity index (χ2v) is 6.14. The molecule has 0 spiro atoms. The molecule has 3 rings (SSSR count). The number of amides is 2. The van der Waals surface area contributed by atoms with Gasteiger partial charge in [0.15, 0.2) is 0 Å². The van der Waals surface area contributed by atoms with Crippen molar-refractivity contribution in [3.63, 3.8) is 0 Å². The third kappa shape index (κ3) is 4.36. The number of furan rings is 1. The average Bonchev–Trinajstić information content (AvgIpc) is 3.20. The lowest BCUT2D eigenvalue weighted by Gasteiger charge is -2.21. The van der Waals surface area contributed by atoms with Crippen molar-refractivity contribution < 1.29 is 9.21 Å². The van der Waals surface area contributed by atoms with Crippen LogP contribution in [0, 0.1) is 0 Å². The minimum atomic E-state index is -0.0299. The minimum Gasteiger partial charge on any atom is -0.472 e. The predicted molar refractivity (Wildman–Crippen MR) is 88.8 cm³/mol. The highest BCUT2D eigenvalue weighted by molar-refractivity contribution is 5.74.